The summed E-state index contributed by atoms with van der Waals surface area (Å²) in [5.74, 6) is -0.0387. The van der Waals surface area contributed by atoms with Crippen LogP contribution in [0.2, 0.25) is 0 Å². The number of benzene rings is 2. The van der Waals surface area contributed by atoms with Gasteiger partial charge in [-0.1, -0.05) is 30.3 Å². The molecule has 0 unspecified atom stereocenters. The lowest BCUT2D eigenvalue weighted by atomic mass is 10.0. The molecule has 3 rings (SSSR count). The summed E-state index contributed by atoms with van der Waals surface area (Å²) in [6, 6.07) is 14.5. The molecule has 3 aromatic rings. The van der Waals surface area contributed by atoms with Crippen molar-refractivity contribution in [2.75, 3.05) is 0 Å². The first-order valence-corrected chi connectivity index (χ1v) is 6.38. The van der Waals surface area contributed by atoms with E-state index >= 15 is 0 Å². The van der Waals surface area contributed by atoms with Gasteiger partial charge in [-0.15, -0.1) is 0 Å². The van der Waals surface area contributed by atoms with Crippen LogP contribution >= 0.6 is 0 Å². The van der Waals surface area contributed by atoms with Crippen LogP contribution in [-0.4, -0.2) is 17.1 Å². The van der Waals surface area contributed by atoms with Crippen LogP contribution in [0, 0.1) is 6.92 Å². The second-order valence-electron chi connectivity index (χ2n) is 4.74. The molecule has 1 N–H and O–H groups in total. The number of aryl methyl sites for hydroxylation is 1. The Balaban J connectivity index is 2.13. The lowest BCUT2D eigenvalue weighted by Crippen LogP contribution is -2.00. The van der Waals surface area contributed by atoms with Gasteiger partial charge in [-0.25, -0.2) is 0 Å². The van der Waals surface area contributed by atoms with Crippen LogP contribution in [0.1, 0.15) is 32.0 Å². The highest BCUT2D eigenvalue weighted by molar-refractivity contribution is 6.11. The highest BCUT2D eigenvalue weighted by Crippen LogP contribution is 2.23. The van der Waals surface area contributed by atoms with Crippen molar-refractivity contribution in [3.63, 3.8) is 0 Å². The van der Waals surface area contributed by atoms with Gasteiger partial charge in [0, 0.05) is 33.3 Å². The molecule has 0 saturated heterocycles. The first-order chi connectivity index (χ1) is 9.70. The summed E-state index contributed by atoms with van der Waals surface area (Å²) in [4.78, 5) is 26.7. The minimum atomic E-state index is -0.0387. The molecule has 0 aliphatic heterocycles. The molecule has 98 valence electrons. The quantitative estimate of drug-likeness (QED) is 0.580. The maximum Gasteiger partial charge on any atom is 0.193 e. The summed E-state index contributed by atoms with van der Waals surface area (Å²) >= 11 is 0. The predicted octanol–water partition coefficient (Wildman–Crippen LogP) is 3.52. The molecule has 0 atom stereocenters. The van der Waals surface area contributed by atoms with Crippen molar-refractivity contribution < 1.29 is 9.59 Å². The number of aldehydes is 1. The van der Waals surface area contributed by atoms with Gasteiger partial charge in [0.15, 0.2) is 12.1 Å². The molecule has 20 heavy (non-hydrogen) atoms. The van der Waals surface area contributed by atoms with Crippen molar-refractivity contribution in [3.8, 4) is 0 Å². The fraction of sp³-hybridized carbons (Fsp3) is 0.0588. The van der Waals surface area contributed by atoms with Crippen LogP contribution in [0.3, 0.4) is 0 Å². The Kier molecular flexibility index (Phi) is 2.95. The predicted molar refractivity (Wildman–Crippen MR) is 78.3 cm³/mol. The van der Waals surface area contributed by atoms with Crippen molar-refractivity contribution in [1.82, 2.24) is 4.98 Å². The number of rotatable bonds is 3. The topological polar surface area (TPSA) is 49.9 Å². The Morgan fingerprint density at radius 1 is 1.05 bits per heavy atom. The minimum absolute atomic E-state index is 0.0387. The number of aromatic amines is 1. The number of ketones is 1. The number of nitrogens with one attached hydrogen (secondary N) is 1. The zero-order valence-corrected chi connectivity index (χ0v) is 11.0. The molecule has 0 fully saturated rings. The summed E-state index contributed by atoms with van der Waals surface area (Å²) in [6.07, 6.45) is 0.824. The maximum absolute atomic E-state index is 12.4. The molecule has 0 radical (unpaired) electrons. The van der Waals surface area contributed by atoms with E-state index in [-0.39, 0.29) is 5.78 Å². The molecular formula is C17H13NO2. The first-order valence-electron chi connectivity index (χ1n) is 6.38. The van der Waals surface area contributed by atoms with Gasteiger partial charge < -0.3 is 4.98 Å². The number of fused-ring (bicyclic) bond motifs is 1. The average Bonchev–Trinajstić information content (AvgIpc) is 2.81. The van der Waals surface area contributed by atoms with Crippen molar-refractivity contribution in [3.05, 3.63) is 70.9 Å². The van der Waals surface area contributed by atoms with Crippen LogP contribution in [-0.2, 0) is 0 Å². The molecular weight excluding hydrogens is 250 g/mol. The third-order valence-corrected chi connectivity index (χ3v) is 3.45. The molecule has 1 heterocycles. The van der Waals surface area contributed by atoms with Crippen molar-refractivity contribution >= 4 is 23.0 Å². The molecule has 0 aliphatic carbocycles. The molecule has 0 spiro atoms. The van der Waals surface area contributed by atoms with Gasteiger partial charge in [0.25, 0.3) is 0 Å². The summed E-state index contributed by atoms with van der Waals surface area (Å²) in [7, 11) is 0. The van der Waals surface area contributed by atoms with E-state index in [1.807, 2.05) is 31.2 Å². The number of carbonyl (C=O) groups is 2. The normalized spacial score (nSPS) is 10.7. The smallest absolute Gasteiger partial charge is 0.193 e. The molecule has 3 heteroatoms. The SMILES string of the molecule is Cc1[nH]c2ccc(C(=O)c3ccccc3)cc2c1C=O. The van der Waals surface area contributed by atoms with Gasteiger partial charge in [-0.05, 0) is 25.1 Å². The third kappa shape index (κ3) is 1.93. The van der Waals surface area contributed by atoms with Gasteiger partial charge in [0.1, 0.15) is 0 Å². The van der Waals surface area contributed by atoms with Crippen molar-refractivity contribution in [2.45, 2.75) is 6.92 Å². The highest BCUT2D eigenvalue weighted by atomic mass is 16.1. The third-order valence-electron chi connectivity index (χ3n) is 3.45. The summed E-state index contributed by atoms with van der Waals surface area (Å²) < 4.78 is 0. The van der Waals surface area contributed by atoms with Crippen LogP contribution in [0.5, 0.6) is 0 Å². The van der Waals surface area contributed by atoms with Crippen molar-refractivity contribution in [2.24, 2.45) is 0 Å². The van der Waals surface area contributed by atoms with Crippen LogP contribution < -0.4 is 0 Å². The lowest BCUT2D eigenvalue weighted by molar-refractivity contribution is 0.103. The summed E-state index contributed by atoms with van der Waals surface area (Å²) in [5, 5.41) is 0.791. The van der Waals surface area contributed by atoms with Gasteiger partial charge >= 0.3 is 0 Å². The Morgan fingerprint density at radius 2 is 1.80 bits per heavy atom. The van der Waals surface area contributed by atoms with E-state index < -0.39 is 0 Å². The second-order valence-corrected chi connectivity index (χ2v) is 4.74. The van der Waals surface area contributed by atoms with Gasteiger partial charge in [-0.3, -0.25) is 9.59 Å². The zero-order valence-electron chi connectivity index (χ0n) is 11.0. The van der Waals surface area contributed by atoms with E-state index in [1.165, 1.54) is 0 Å². The number of H-pyrrole nitrogens is 1. The van der Waals surface area contributed by atoms with Crippen LogP contribution in [0.4, 0.5) is 0 Å². The van der Waals surface area contributed by atoms with E-state index in [4.69, 9.17) is 0 Å². The minimum Gasteiger partial charge on any atom is -0.358 e. The van der Waals surface area contributed by atoms with Crippen molar-refractivity contribution in [1.29, 1.82) is 0 Å². The highest BCUT2D eigenvalue weighted by Gasteiger charge is 2.12. The molecule has 0 saturated carbocycles. The Labute approximate surface area is 116 Å². The first kappa shape index (κ1) is 12.4. The molecule has 3 nitrogen and oxygen atoms in total. The number of carbonyl (C=O) groups excluding carboxylic acids is 2. The van der Waals surface area contributed by atoms with E-state index in [0.29, 0.717) is 16.7 Å². The summed E-state index contributed by atoms with van der Waals surface area (Å²) in [5.41, 5.74) is 3.54. The zero-order chi connectivity index (χ0) is 14.1. The monoisotopic (exact) mass is 263 g/mol. The Bertz CT molecular complexity index is 800. The van der Waals surface area contributed by atoms with Crippen LogP contribution in [0.25, 0.3) is 10.9 Å². The van der Waals surface area contributed by atoms with E-state index in [9.17, 15) is 9.59 Å². The molecule has 0 aliphatic rings. The number of aromatic nitrogens is 1. The molecule has 0 bridgehead atoms. The average molecular weight is 263 g/mol. The molecule has 0 amide bonds. The van der Waals surface area contributed by atoms with Gasteiger partial charge in [0.2, 0.25) is 0 Å². The van der Waals surface area contributed by atoms with Crippen LogP contribution in [0.15, 0.2) is 48.5 Å². The Hall–Kier alpha value is -2.68. The van der Waals surface area contributed by atoms with Gasteiger partial charge in [-0.2, -0.15) is 0 Å². The van der Waals surface area contributed by atoms with E-state index in [1.54, 1.807) is 24.3 Å². The maximum atomic E-state index is 12.4. The second kappa shape index (κ2) is 4.78. The lowest BCUT2D eigenvalue weighted by Gasteiger charge is -2.01. The largest absolute Gasteiger partial charge is 0.358 e. The van der Waals surface area contributed by atoms with Gasteiger partial charge in [0.05, 0.1) is 0 Å². The van der Waals surface area contributed by atoms with E-state index in [2.05, 4.69) is 4.98 Å². The number of hydrogen-bond donors (Lipinski definition) is 1. The standard InChI is InChI=1S/C17H13NO2/c1-11-15(10-19)14-9-13(7-8-16(14)18-11)17(20)12-5-3-2-4-6-12/h2-10,18H,1H3. The Morgan fingerprint density at radius 3 is 2.50 bits per heavy atom. The molecule has 2 aromatic carbocycles. The fourth-order valence-electron chi connectivity index (χ4n) is 2.40. The number of hydrogen-bond acceptors (Lipinski definition) is 2. The molecule has 1 aromatic heterocycles. The summed E-state index contributed by atoms with van der Waals surface area (Å²) in [6.45, 7) is 1.85. The fourth-order valence-corrected chi connectivity index (χ4v) is 2.40. The van der Waals surface area contributed by atoms with E-state index in [0.717, 1.165) is 22.9 Å².